The highest BCUT2D eigenvalue weighted by Gasteiger charge is 2.05. The van der Waals surface area contributed by atoms with Gasteiger partial charge in [-0.3, -0.25) is 14.5 Å². The van der Waals surface area contributed by atoms with E-state index in [1.54, 1.807) is 26.4 Å². The number of amides is 1. The van der Waals surface area contributed by atoms with Crippen LogP contribution in [0.2, 0.25) is 0 Å². The SMILES string of the molecule is CN=C(NCc1cccc(C(=O)NC)c1)NCc1ccnn1C.I. The van der Waals surface area contributed by atoms with Crippen molar-refractivity contribution in [2.45, 2.75) is 13.1 Å². The van der Waals surface area contributed by atoms with Gasteiger partial charge >= 0.3 is 0 Å². The van der Waals surface area contributed by atoms with E-state index in [2.05, 4.69) is 26.0 Å². The van der Waals surface area contributed by atoms with Crippen LogP contribution in [0, 0.1) is 0 Å². The van der Waals surface area contributed by atoms with Gasteiger partial charge in [-0.1, -0.05) is 12.1 Å². The minimum absolute atomic E-state index is 0. The van der Waals surface area contributed by atoms with E-state index < -0.39 is 0 Å². The Morgan fingerprint density at radius 1 is 1.25 bits per heavy atom. The number of aromatic nitrogens is 2. The van der Waals surface area contributed by atoms with E-state index >= 15 is 0 Å². The van der Waals surface area contributed by atoms with Gasteiger partial charge in [-0.25, -0.2) is 0 Å². The van der Waals surface area contributed by atoms with Crippen molar-refractivity contribution in [3.05, 3.63) is 53.3 Å². The van der Waals surface area contributed by atoms with Crippen LogP contribution in [-0.2, 0) is 20.1 Å². The van der Waals surface area contributed by atoms with Crippen LogP contribution in [0.25, 0.3) is 0 Å². The predicted octanol–water partition coefficient (Wildman–Crippen LogP) is 1.26. The second-order valence-corrected chi connectivity index (χ2v) is 5.00. The summed E-state index contributed by atoms with van der Waals surface area (Å²) < 4.78 is 1.81. The zero-order chi connectivity index (χ0) is 16.7. The van der Waals surface area contributed by atoms with Crippen LogP contribution in [0.3, 0.4) is 0 Å². The molecule has 1 heterocycles. The number of nitrogens with one attached hydrogen (secondary N) is 3. The van der Waals surface area contributed by atoms with E-state index in [1.165, 1.54) is 0 Å². The van der Waals surface area contributed by atoms with Crippen molar-refractivity contribution in [1.82, 2.24) is 25.7 Å². The molecule has 1 aromatic heterocycles. The Kier molecular flexibility index (Phi) is 8.24. The number of rotatable bonds is 5. The van der Waals surface area contributed by atoms with Crippen LogP contribution >= 0.6 is 24.0 Å². The molecule has 0 atom stereocenters. The Morgan fingerprint density at radius 3 is 2.62 bits per heavy atom. The third-order valence-corrected chi connectivity index (χ3v) is 3.46. The van der Waals surface area contributed by atoms with Crippen LogP contribution < -0.4 is 16.0 Å². The molecule has 2 aromatic rings. The van der Waals surface area contributed by atoms with E-state index in [0.29, 0.717) is 24.6 Å². The van der Waals surface area contributed by atoms with Crippen molar-refractivity contribution >= 4 is 35.8 Å². The Labute approximate surface area is 159 Å². The Balaban J connectivity index is 0.00000288. The quantitative estimate of drug-likeness (QED) is 0.370. The highest BCUT2D eigenvalue weighted by molar-refractivity contribution is 14.0. The van der Waals surface area contributed by atoms with Gasteiger partial charge in [-0.2, -0.15) is 5.10 Å². The zero-order valence-corrected chi connectivity index (χ0v) is 16.4. The third-order valence-electron chi connectivity index (χ3n) is 3.46. The molecule has 0 bridgehead atoms. The van der Waals surface area contributed by atoms with Crippen LogP contribution in [0.15, 0.2) is 41.5 Å². The molecule has 2 rings (SSSR count). The smallest absolute Gasteiger partial charge is 0.251 e. The molecule has 0 unspecified atom stereocenters. The highest BCUT2D eigenvalue weighted by Crippen LogP contribution is 2.05. The van der Waals surface area contributed by atoms with Crippen molar-refractivity contribution in [3.8, 4) is 0 Å². The number of benzene rings is 1. The maximum absolute atomic E-state index is 11.6. The number of carbonyl (C=O) groups excluding carboxylic acids is 1. The summed E-state index contributed by atoms with van der Waals surface area (Å²) in [4.78, 5) is 15.8. The molecule has 0 saturated heterocycles. The fourth-order valence-electron chi connectivity index (χ4n) is 2.12. The van der Waals surface area contributed by atoms with Gasteiger partial charge in [-0.05, 0) is 23.8 Å². The minimum atomic E-state index is -0.0921. The molecule has 7 nitrogen and oxygen atoms in total. The lowest BCUT2D eigenvalue weighted by Gasteiger charge is -2.12. The summed E-state index contributed by atoms with van der Waals surface area (Å²) in [5.41, 5.74) is 2.72. The van der Waals surface area contributed by atoms with Gasteiger partial charge in [0, 0.05) is 39.4 Å². The summed E-state index contributed by atoms with van der Waals surface area (Å²) in [5, 5.41) is 13.2. The lowest BCUT2D eigenvalue weighted by Crippen LogP contribution is -2.36. The summed E-state index contributed by atoms with van der Waals surface area (Å²) >= 11 is 0. The lowest BCUT2D eigenvalue weighted by molar-refractivity contribution is 0.0963. The van der Waals surface area contributed by atoms with Gasteiger partial charge < -0.3 is 16.0 Å². The van der Waals surface area contributed by atoms with Crippen LogP contribution in [0.1, 0.15) is 21.6 Å². The van der Waals surface area contributed by atoms with E-state index in [0.717, 1.165) is 11.3 Å². The van der Waals surface area contributed by atoms with Crippen molar-refractivity contribution in [2.75, 3.05) is 14.1 Å². The Hall–Kier alpha value is -2.10. The predicted molar refractivity (Wildman–Crippen MR) is 105 cm³/mol. The molecule has 3 N–H and O–H groups in total. The molecule has 1 amide bonds. The number of aliphatic imine (C=N–C) groups is 1. The number of guanidine groups is 1. The number of hydrogen-bond acceptors (Lipinski definition) is 3. The number of carbonyl (C=O) groups is 1. The highest BCUT2D eigenvalue weighted by atomic mass is 127. The molecule has 0 aliphatic carbocycles. The molecule has 24 heavy (non-hydrogen) atoms. The topological polar surface area (TPSA) is 83.3 Å². The Bertz CT molecular complexity index is 697. The zero-order valence-electron chi connectivity index (χ0n) is 14.0. The van der Waals surface area contributed by atoms with Crippen molar-refractivity contribution in [2.24, 2.45) is 12.0 Å². The molecular weight excluding hydrogens is 419 g/mol. The van der Waals surface area contributed by atoms with Gasteiger partial charge in [0.15, 0.2) is 5.96 Å². The molecule has 0 aliphatic heterocycles. The van der Waals surface area contributed by atoms with Gasteiger partial charge in [0.1, 0.15) is 0 Å². The summed E-state index contributed by atoms with van der Waals surface area (Å²) in [5.74, 6) is 0.599. The number of nitrogens with zero attached hydrogens (tertiary/aromatic N) is 3. The van der Waals surface area contributed by atoms with Crippen LogP contribution in [0.4, 0.5) is 0 Å². The first-order valence-electron chi connectivity index (χ1n) is 7.36. The van der Waals surface area contributed by atoms with Gasteiger partial charge in [-0.15, -0.1) is 24.0 Å². The Morgan fingerprint density at radius 2 is 2.00 bits per heavy atom. The molecule has 0 spiro atoms. The largest absolute Gasteiger partial charge is 0.355 e. The maximum Gasteiger partial charge on any atom is 0.251 e. The second-order valence-electron chi connectivity index (χ2n) is 5.00. The lowest BCUT2D eigenvalue weighted by atomic mass is 10.1. The van der Waals surface area contributed by atoms with Gasteiger partial charge in [0.05, 0.1) is 12.2 Å². The normalized spacial score (nSPS) is 10.7. The first-order valence-corrected chi connectivity index (χ1v) is 7.36. The molecule has 0 radical (unpaired) electrons. The van der Waals surface area contributed by atoms with E-state index in [4.69, 9.17) is 0 Å². The molecule has 0 fully saturated rings. The average Bonchev–Trinajstić information content (AvgIpc) is 2.99. The fourth-order valence-corrected chi connectivity index (χ4v) is 2.12. The summed E-state index contributed by atoms with van der Waals surface area (Å²) in [6.45, 7) is 1.21. The van der Waals surface area contributed by atoms with Gasteiger partial charge in [0.2, 0.25) is 0 Å². The number of halogens is 1. The standard InChI is InChI=1S/C16H22N6O.HI/c1-17-15(23)13-6-4-5-12(9-13)10-19-16(18-2)20-11-14-7-8-21-22(14)3;/h4-9H,10-11H2,1-3H3,(H,17,23)(H2,18,19,20);1H. The summed E-state index contributed by atoms with van der Waals surface area (Å²) in [6.07, 6.45) is 1.76. The van der Waals surface area contributed by atoms with Crippen molar-refractivity contribution in [3.63, 3.8) is 0 Å². The fraction of sp³-hybridized carbons (Fsp3) is 0.312. The maximum atomic E-state index is 11.6. The average molecular weight is 442 g/mol. The summed E-state index contributed by atoms with van der Waals surface area (Å²) in [6, 6.07) is 9.44. The van der Waals surface area contributed by atoms with Gasteiger partial charge in [0.25, 0.3) is 5.91 Å². The third kappa shape index (κ3) is 5.52. The molecule has 0 saturated carbocycles. The van der Waals surface area contributed by atoms with E-state index in [9.17, 15) is 4.79 Å². The van der Waals surface area contributed by atoms with Crippen LogP contribution in [0.5, 0.6) is 0 Å². The van der Waals surface area contributed by atoms with E-state index in [-0.39, 0.29) is 29.9 Å². The molecule has 1 aromatic carbocycles. The van der Waals surface area contributed by atoms with Crippen molar-refractivity contribution in [1.29, 1.82) is 0 Å². The minimum Gasteiger partial charge on any atom is -0.355 e. The van der Waals surface area contributed by atoms with E-state index in [1.807, 2.05) is 36.0 Å². The number of aryl methyl sites for hydroxylation is 1. The van der Waals surface area contributed by atoms with Crippen molar-refractivity contribution < 1.29 is 4.79 Å². The second kappa shape index (κ2) is 9.91. The van der Waals surface area contributed by atoms with Crippen LogP contribution in [-0.4, -0.2) is 35.7 Å². The molecule has 8 heteroatoms. The first-order chi connectivity index (χ1) is 11.1. The molecule has 130 valence electrons. The number of hydrogen-bond donors (Lipinski definition) is 3. The summed E-state index contributed by atoms with van der Waals surface area (Å²) in [7, 11) is 5.24. The monoisotopic (exact) mass is 442 g/mol. The molecular formula is C16H23IN6O. The molecule has 0 aliphatic rings. The first kappa shape index (κ1) is 19.9.